The lowest BCUT2D eigenvalue weighted by atomic mass is 10.1. The predicted molar refractivity (Wildman–Crippen MR) is 163 cm³/mol. The average molecular weight is 682 g/mol. The maximum absolute atomic E-state index is 13.8. The first-order valence-corrected chi connectivity index (χ1v) is 16.4. The number of alkyl halides is 3. The Hall–Kier alpha value is -4.02. The molecule has 2 aliphatic rings. The fourth-order valence-electron chi connectivity index (χ4n) is 5.33. The third-order valence-electron chi connectivity index (χ3n) is 7.78. The number of carbonyl (C=O) groups is 2. The van der Waals surface area contributed by atoms with Crippen molar-refractivity contribution in [3.8, 4) is 5.75 Å². The molecule has 1 saturated heterocycles. The van der Waals surface area contributed by atoms with E-state index in [-0.39, 0.29) is 29.2 Å². The Bertz CT molecular complexity index is 1650. The van der Waals surface area contributed by atoms with Crippen LogP contribution in [0.15, 0.2) is 45.8 Å². The van der Waals surface area contributed by atoms with E-state index in [1.165, 1.54) is 27.6 Å². The largest absolute Gasteiger partial charge is 0.497 e. The number of carboxylic acids is 1. The number of carbonyl (C=O) groups excluding carboxylic acids is 1. The first-order valence-electron chi connectivity index (χ1n) is 15.0. The summed E-state index contributed by atoms with van der Waals surface area (Å²) < 4.78 is 71.2. The monoisotopic (exact) mass is 681 g/mol. The van der Waals surface area contributed by atoms with E-state index in [1.54, 1.807) is 40.1 Å². The van der Waals surface area contributed by atoms with E-state index >= 15 is 0 Å². The van der Waals surface area contributed by atoms with Crippen LogP contribution in [0.5, 0.6) is 5.75 Å². The maximum Gasteiger partial charge on any atom is 0.490 e. The summed E-state index contributed by atoms with van der Waals surface area (Å²) >= 11 is 0. The SMILES string of the molecule is COc1cc(C)c(S(=O)(=O)N(Cc2noc(C(=O)N(C)Cc3ccc(CN4CCCC4)cc3)n2)C2CC2)c(C)c1.O=C(O)C(F)(F)F. The van der Waals surface area contributed by atoms with Gasteiger partial charge in [0.25, 0.3) is 0 Å². The first kappa shape index (κ1) is 35.8. The van der Waals surface area contributed by atoms with Crippen molar-refractivity contribution in [2.75, 3.05) is 27.2 Å². The Kier molecular flexibility index (Phi) is 11.3. The molecular weight excluding hydrogens is 643 g/mol. The number of aromatic nitrogens is 2. The number of rotatable bonds is 11. The zero-order chi connectivity index (χ0) is 34.5. The van der Waals surface area contributed by atoms with Crippen LogP contribution in [0.25, 0.3) is 0 Å². The molecule has 2 aromatic carbocycles. The second kappa shape index (κ2) is 14.8. The molecular formula is C31H38F3N5O7S. The van der Waals surface area contributed by atoms with Crippen LogP contribution in [-0.2, 0) is 34.5 Å². The van der Waals surface area contributed by atoms with Gasteiger partial charge in [0, 0.05) is 26.2 Å². The number of carboxylic acid groups (broad SMARTS) is 1. The molecule has 3 aromatic rings. The Morgan fingerprint density at radius 2 is 1.60 bits per heavy atom. The summed E-state index contributed by atoms with van der Waals surface area (Å²) in [5.74, 6) is -2.57. The quantitative estimate of drug-likeness (QED) is 0.306. The van der Waals surface area contributed by atoms with Crippen molar-refractivity contribution in [1.82, 2.24) is 24.2 Å². The number of aryl methyl sites for hydroxylation is 2. The molecule has 1 aliphatic carbocycles. The molecule has 12 nitrogen and oxygen atoms in total. The summed E-state index contributed by atoms with van der Waals surface area (Å²) in [5.41, 5.74) is 3.47. The minimum absolute atomic E-state index is 0.0725. The predicted octanol–water partition coefficient (Wildman–Crippen LogP) is 4.55. The summed E-state index contributed by atoms with van der Waals surface area (Å²) in [6.07, 6.45) is -1.04. The molecule has 5 rings (SSSR count). The zero-order valence-corrected chi connectivity index (χ0v) is 27.4. The van der Waals surface area contributed by atoms with E-state index in [0.29, 0.717) is 23.4 Å². The van der Waals surface area contributed by atoms with E-state index in [2.05, 4.69) is 27.2 Å². The number of aliphatic carboxylic acids is 1. The molecule has 47 heavy (non-hydrogen) atoms. The number of amides is 1. The first-order chi connectivity index (χ1) is 22.1. The molecule has 0 spiro atoms. The van der Waals surface area contributed by atoms with Gasteiger partial charge in [-0.3, -0.25) is 9.69 Å². The number of likely N-dealkylation sites (tertiary alicyclic amines) is 1. The van der Waals surface area contributed by atoms with E-state index in [9.17, 15) is 26.4 Å². The van der Waals surface area contributed by atoms with Crippen molar-refractivity contribution in [3.05, 3.63) is 70.4 Å². The summed E-state index contributed by atoms with van der Waals surface area (Å²) in [6, 6.07) is 11.6. The second-order valence-electron chi connectivity index (χ2n) is 11.7. The van der Waals surface area contributed by atoms with E-state index in [0.717, 1.165) is 38.0 Å². The molecule has 2 fully saturated rings. The van der Waals surface area contributed by atoms with E-state index in [4.69, 9.17) is 19.2 Å². The molecule has 16 heteroatoms. The van der Waals surface area contributed by atoms with Crippen LogP contribution in [-0.4, -0.2) is 89.1 Å². The zero-order valence-electron chi connectivity index (χ0n) is 26.6. The Morgan fingerprint density at radius 3 is 2.11 bits per heavy atom. The van der Waals surface area contributed by atoms with Crippen LogP contribution in [0.1, 0.15) is 64.4 Å². The van der Waals surface area contributed by atoms with Gasteiger partial charge >= 0.3 is 23.9 Å². The molecule has 2 heterocycles. The standard InChI is InChI=1S/C29H37N5O5S.C2HF3O2/c1-20-15-25(38-4)16-21(2)27(20)40(36,37)34(24-11-12-24)19-26-30-28(39-31-26)29(35)32(3)17-22-7-9-23(10-8-22)18-33-13-5-6-14-33;3-2(4,5)1(6)7/h7-10,15-16,24H,5-6,11-14,17-19H2,1-4H3;(H,6,7). The summed E-state index contributed by atoms with van der Waals surface area (Å²) in [6.45, 7) is 7.08. The third-order valence-corrected chi connectivity index (χ3v) is 9.98. The van der Waals surface area contributed by atoms with Gasteiger partial charge in [0.2, 0.25) is 10.0 Å². The van der Waals surface area contributed by atoms with Crippen molar-refractivity contribution in [2.45, 2.75) is 76.3 Å². The molecule has 1 amide bonds. The van der Waals surface area contributed by atoms with Crippen molar-refractivity contribution in [1.29, 1.82) is 0 Å². The number of methoxy groups -OCH3 is 1. The number of halogens is 3. The van der Waals surface area contributed by atoms with Crippen LogP contribution in [0, 0.1) is 13.8 Å². The highest BCUT2D eigenvalue weighted by Gasteiger charge is 2.41. The number of benzene rings is 2. The van der Waals surface area contributed by atoms with Crippen LogP contribution in [0.4, 0.5) is 13.2 Å². The fraction of sp³-hybridized carbons (Fsp3) is 0.484. The summed E-state index contributed by atoms with van der Waals surface area (Å²) in [7, 11) is -0.610. The molecule has 0 unspecified atom stereocenters. The van der Waals surface area contributed by atoms with Gasteiger partial charge in [0.15, 0.2) is 5.82 Å². The highest BCUT2D eigenvalue weighted by molar-refractivity contribution is 7.89. The normalized spacial score (nSPS) is 15.3. The average Bonchev–Trinajstić information content (AvgIpc) is 3.49. The van der Waals surface area contributed by atoms with Gasteiger partial charge in [-0.1, -0.05) is 29.4 Å². The van der Waals surface area contributed by atoms with Crippen molar-refractivity contribution in [2.24, 2.45) is 0 Å². The third kappa shape index (κ3) is 9.29. The highest BCUT2D eigenvalue weighted by atomic mass is 32.2. The molecule has 1 saturated carbocycles. The van der Waals surface area contributed by atoms with Gasteiger partial charge < -0.3 is 19.3 Å². The molecule has 0 radical (unpaired) electrons. The smallest absolute Gasteiger partial charge is 0.490 e. The Morgan fingerprint density at radius 1 is 1.04 bits per heavy atom. The number of hydrogen-bond acceptors (Lipinski definition) is 9. The van der Waals surface area contributed by atoms with Gasteiger partial charge in [0.05, 0.1) is 18.6 Å². The fourth-order valence-corrected chi connectivity index (χ4v) is 7.38. The van der Waals surface area contributed by atoms with E-state index in [1.807, 2.05) is 12.1 Å². The number of sulfonamides is 1. The molecule has 0 bridgehead atoms. The number of hydrogen-bond donors (Lipinski definition) is 1. The lowest BCUT2D eigenvalue weighted by Gasteiger charge is -2.23. The van der Waals surface area contributed by atoms with Gasteiger partial charge in [-0.2, -0.15) is 22.5 Å². The maximum atomic E-state index is 13.8. The van der Waals surface area contributed by atoms with Gasteiger partial charge in [0.1, 0.15) is 5.75 Å². The van der Waals surface area contributed by atoms with Gasteiger partial charge in [-0.15, -0.1) is 0 Å². The summed E-state index contributed by atoms with van der Waals surface area (Å²) in [4.78, 5) is 30.4. The van der Waals surface area contributed by atoms with Gasteiger partial charge in [-0.05, 0) is 87.0 Å². The molecule has 1 N–H and O–H groups in total. The molecule has 256 valence electrons. The Labute approximate surface area is 271 Å². The van der Waals surface area contributed by atoms with E-state index < -0.39 is 28.1 Å². The molecule has 1 aliphatic heterocycles. The van der Waals surface area contributed by atoms with Crippen LogP contribution >= 0.6 is 0 Å². The molecule has 1 aromatic heterocycles. The topological polar surface area (TPSA) is 146 Å². The number of nitrogens with zero attached hydrogens (tertiary/aromatic N) is 5. The lowest BCUT2D eigenvalue weighted by Crippen LogP contribution is -2.34. The second-order valence-corrected chi connectivity index (χ2v) is 13.5. The molecule has 0 atom stereocenters. The van der Waals surface area contributed by atoms with Crippen LogP contribution < -0.4 is 4.74 Å². The number of ether oxygens (including phenoxy) is 1. The summed E-state index contributed by atoms with van der Waals surface area (Å²) in [5, 5.41) is 11.1. The lowest BCUT2D eigenvalue weighted by molar-refractivity contribution is -0.192. The van der Waals surface area contributed by atoms with Gasteiger partial charge in [-0.25, -0.2) is 13.2 Å². The van der Waals surface area contributed by atoms with Crippen molar-refractivity contribution >= 4 is 21.9 Å². The van der Waals surface area contributed by atoms with Crippen molar-refractivity contribution < 1.29 is 45.5 Å². The van der Waals surface area contributed by atoms with Crippen LogP contribution in [0.3, 0.4) is 0 Å². The Balaban J connectivity index is 0.000000644. The minimum Gasteiger partial charge on any atom is -0.497 e. The minimum atomic E-state index is -5.08. The van der Waals surface area contributed by atoms with Crippen LogP contribution in [0.2, 0.25) is 0 Å². The van der Waals surface area contributed by atoms with Crippen molar-refractivity contribution in [3.63, 3.8) is 0 Å². The highest BCUT2D eigenvalue weighted by Crippen LogP contribution is 2.36.